The van der Waals surface area contributed by atoms with E-state index in [-0.39, 0.29) is 5.91 Å². The normalized spacial score (nSPS) is 15.3. The van der Waals surface area contributed by atoms with E-state index in [9.17, 15) is 4.79 Å². The summed E-state index contributed by atoms with van der Waals surface area (Å²) < 4.78 is 10.9. The van der Waals surface area contributed by atoms with Crippen LogP contribution in [0.4, 0.5) is 5.69 Å². The summed E-state index contributed by atoms with van der Waals surface area (Å²) in [6.07, 6.45) is 5.09. The predicted molar refractivity (Wildman–Crippen MR) is 116 cm³/mol. The summed E-state index contributed by atoms with van der Waals surface area (Å²) in [4.78, 5) is 17.7. The molecule has 1 heterocycles. The quantitative estimate of drug-likeness (QED) is 0.549. The number of hydrogen-bond donors (Lipinski definition) is 1. The number of amides is 1. The highest BCUT2D eigenvalue weighted by Crippen LogP contribution is 2.45. The first-order valence-corrected chi connectivity index (χ1v) is 10.7. The van der Waals surface area contributed by atoms with E-state index >= 15 is 0 Å². The molecule has 29 heavy (non-hydrogen) atoms. The van der Waals surface area contributed by atoms with Gasteiger partial charge in [0.25, 0.3) is 0 Å². The van der Waals surface area contributed by atoms with E-state index in [1.54, 1.807) is 18.3 Å². The molecule has 2 aromatic rings. The predicted octanol–water partition coefficient (Wildman–Crippen LogP) is 5.56. The molecule has 7 heteroatoms. The van der Waals surface area contributed by atoms with E-state index in [2.05, 4.69) is 10.3 Å². The first kappa shape index (κ1) is 21.9. The number of hydrogen-bond acceptors (Lipinski definition) is 4. The second kappa shape index (κ2) is 9.79. The monoisotopic (exact) mass is 436 g/mol. The van der Waals surface area contributed by atoms with Gasteiger partial charge in [0.1, 0.15) is 6.61 Å². The molecule has 0 bridgehead atoms. The minimum atomic E-state index is -0.651. The maximum Gasteiger partial charge on any atom is 0.235 e. The standard InChI is InChI=1S/C22H26Cl2N2O3/c1-3-28-10-11-29-20-15(2)12-17(14-25-20)26-21(27)22(8-4-5-9-22)18-7-6-16(23)13-19(18)24/h6-7,12-14H,3-5,8-11H2,1-2H3,(H,26,27). The lowest BCUT2D eigenvalue weighted by atomic mass is 9.78. The summed E-state index contributed by atoms with van der Waals surface area (Å²) in [5.74, 6) is 0.476. The van der Waals surface area contributed by atoms with Gasteiger partial charge in [0.15, 0.2) is 0 Å². The van der Waals surface area contributed by atoms with Crippen molar-refractivity contribution in [2.45, 2.75) is 44.9 Å². The van der Waals surface area contributed by atoms with Crippen LogP contribution < -0.4 is 10.1 Å². The molecule has 5 nitrogen and oxygen atoms in total. The van der Waals surface area contributed by atoms with Gasteiger partial charge in [-0.2, -0.15) is 0 Å². The van der Waals surface area contributed by atoms with E-state index < -0.39 is 5.41 Å². The third-order valence-electron chi connectivity index (χ3n) is 5.30. The van der Waals surface area contributed by atoms with Gasteiger partial charge >= 0.3 is 0 Å². The number of nitrogens with one attached hydrogen (secondary N) is 1. The number of halogens is 2. The second-order valence-electron chi connectivity index (χ2n) is 7.26. The van der Waals surface area contributed by atoms with Gasteiger partial charge in [0, 0.05) is 22.2 Å². The zero-order valence-electron chi connectivity index (χ0n) is 16.8. The largest absolute Gasteiger partial charge is 0.475 e. The van der Waals surface area contributed by atoms with Crippen molar-refractivity contribution in [1.82, 2.24) is 4.98 Å². The molecule has 1 aliphatic rings. The van der Waals surface area contributed by atoms with Crippen molar-refractivity contribution in [1.29, 1.82) is 0 Å². The highest BCUT2D eigenvalue weighted by atomic mass is 35.5. The maximum absolute atomic E-state index is 13.3. The molecule has 1 saturated carbocycles. The highest BCUT2D eigenvalue weighted by Gasteiger charge is 2.44. The van der Waals surface area contributed by atoms with Gasteiger partial charge in [0.05, 0.1) is 23.9 Å². The van der Waals surface area contributed by atoms with Crippen LogP contribution in [0.3, 0.4) is 0 Å². The Labute approximate surface area is 181 Å². The number of pyridine rings is 1. The van der Waals surface area contributed by atoms with Crippen LogP contribution in [0.15, 0.2) is 30.5 Å². The van der Waals surface area contributed by atoms with E-state index in [4.69, 9.17) is 32.7 Å². The lowest BCUT2D eigenvalue weighted by Gasteiger charge is -2.29. The molecule has 1 amide bonds. The van der Waals surface area contributed by atoms with Gasteiger partial charge in [-0.15, -0.1) is 0 Å². The molecule has 1 aromatic carbocycles. The molecule has 0 unspecified atom stereocenters. The Hall–Kier alpha value is -1.82. The van der Waals surface area contributed by atoms with Crippen LogP contribution >= 0.6 is 23.2 Å². The van der Waals surface area contributed by atoms with Crippen LogP contribution in [0, 0.1) is 6.92 Å². The Morgan fingerprint density at radius 3 is 2.62 bits per heavy atom. The lowest BCUT2D eigenvalue weighted by molar-refractivity contribution is -0.121. The fraction of sp³-hybridized carbons (Fsp3) is 0.455. The fourth-order valence-electron chi connectivity index (χ4n) is 3.85. The summed E-state index contributed by atoms with van der Waals surface area (Å²) in [6, 6.07) is 7.23. The van der Waals surface area contributed by atoms with Crippen LogP contribution in [0.2, 0.25) is 10.0 Å². The fourth-order valence-corrected chi connectivity index (χ4v) is 4.44. The number of anilines is 1. The molecular formula is C22H26Cl2N2O3. The molecule has 1 aromatic heterocycles. The number of rotatable bonds is 8. The first-order chi connectivity index (χ1) is 14.0. The average Bonchev–Trinajstić information content (AvgIpc) is 3.17. The summed E-state index contributed by atoms with van der Waals surface area (Å²) in [5.41, 5.74) is 1.67. The Balaban J connectivity index is 1.76. The molecule has 1 N–H and O–H groups in total. The van der Waals surface area contributed by atoms with Crippen molar-refractivity contribution in [2.75, 3.05) is 25.1 Å². The maximum atomic E-state index is 13.3. The number of carbonyl (C=O) groups excluding carboxylic acids is 1. The van der Waals surface area contributed by atoms with Gasteiger partial charge in [-0.25, -0.2) is 4.98 Å². The Morgan fingerprint density at radius 2 is 1.97 bits per heavy atom. The molecular weight excluding hydrogens is 411 g/mol. The van der Waals surface area contributed by atoms with Crippen molar-refractivity contribution < 1.29 is 14.3 Å². The minimum Gasteiger partial charge on any atom is -0.475 e. The highest BCUT2D eigenvalue weighted by molar-refractivity contribution is 6.35. The minimum absolute atomic E-state index is 0.0644. The molecule has 1 fully saturated rings. The van der Waals surface area contributed by atoms with Crippen molar-refractivity contribution >= 4 is 34.8 Å². The molecule has 0 aliphatic heterocycles. The number of aryl methyl sites for hydroxylation is 1. The topological polar surface area (TPSA) is 60.5 Å². The van der Waals surface area contributed by atoms with Gasteiger partial charge in [-0.3, -0.25) is 4.79 Å². The number of ether oxygens (including phenoxy) is 2. The van der Waals surface area contributed by atoms with Gasteiger partial charge < -0.3 is 14.8 Å². The zero-order valence-corrected chi connectivity index (χ0v) is 18.3. The summed E-state index contributed by atoms with van der Waals surface area (Å²) in [7, 11) is 0. The van der Waals surface area contributed by atoms with Gasteiger partial charge in [-0.05, 0) is 50.5 Å². The summed E-state index contributed by atoms with van der Waals surface area (Å²) in [6.45, 7) is 5.45. The third-order valence-corrected chi connectivity index (χ3v) is 5.84. The Bertz CT molecular complexity index is 867. The van der Waals surface area contributed by atoms with Gasteiger partial charge in [0.2, 0.25) is 11.8 Å². The number of nitrogens with zero attached hydrogens (tertiary/aromatic N) is 1. The van der Waals surface area contributed by atoms with Crippen molar-refractivity contribution in [3.05, 3.63) is 51.6 Å². The molecule has 1 aliphatic carbocycles. The van der Waals surface area contributed by atoms with Gasteiger partial charge in [-0.1, -0.05) is 42.1 Å². The summed E-state index contributed by atoms with van der Waals surface area (Å²) in [5, 5.41) is 4.13. The third kappa shape index (κ3) is 5.03. The smallest absolute Gasteiger partial charge is 0.235 e. The Morgan fingerprint density at radius 1 is 1.21 bits per heavy atom. The lowest BCUT2D eigenvalue weighted by Crippen LogP contribution is -2.38. The number of benzene rings is 1. The molecule has 0 spiro atoms. The Kier molecular flexibility index (Phi) is 7.38. The second-order valence-corrected chi connectivity index (χ2v) is 8.10. The number of carbonyl (C=O) groups is 1. The van der Waals surface area contributed by atoms with Crippen molar-refractivity contribution in [2.24, 2.45) is 0 Å². The molecule has 0 atom stereocenters. The molecule has 156 valence electrons. The van der Waals surface area contributed by atoms with E-state index in [0.717, 1.165) is 36.8 Å². The molecule has 0 radical (unpaired) electrons. The number of aromatic nitrogens is 1. The molecule has 3 rings (SSSR count). The van der Waals surface area contributed by atoms with Crippen LogP contribution in [-0.4, -0.2) is 30.7 Å². The molecule has 0 saturated heterocycles. The SMILES string of the molecule is CCOCCOc1ncc(NC(=O)C2(c3ccc(Cl)cc3Cl)CCCC2)cc1C. The van der Waals surface area contributed by atoms with Crippen LogP contribution in [0.5, 0.6) is 5.88 Å². The van der Waals surface area contributed by atoms with Crippen LogP contribution in [-0.2, 0) is 14.9 Å². The first-order valence-electron chi connectivity index (χ1n) is 9.90. The van der Waals surface area contributed by atoms with E-state index in [1.807, 2.05) is 26.0 Å². The van der Waals surface area contributed by atoms with E-state index in [0.29, 0.717) is 41.4 Å². The van der Waals surface area contributed by atoms with Crippen molar-refractivity contribution in [3.8, 4) is 5.88 Å². The zero-order chi connectivity index (χ0) is 20.9. The average molecular weight is 437 g/mol. The van der Waals surface area contributed by atoms with Crippen LogP contribution in [0.25, 0.3) is 0 Å². The van der Waals surface area contributed by atoms with Crippen molar-refractivity contribution in [3.63, 3.8) is 0 Å². The van der Waals surface area contributed by atoms with Crippen LogP contribution in [0.1, 0.15) is 43.7 Å². The summed E-state index contributed by atoms with van der Waals surface area (Å²) >= 11 is 12.5. The van der Waals surface area contributed by atoms with E-state index in [1.165, 1.54) is 0 Å².